The quantitative estimate of drug-likeness (QED) is 0.232. The Labute approximate surface area is 239 Å². The summed E-state index contributed by atoms with van der Waals surface area (Å²) in [6.45, 7) is 1.39. The van der Waals surface area contributed by atoms with Crippen LogP contribution in [0.3, 0.4) is 0 Å². The molecule has 1 aliphatic heterocycles. The van der Waals surface area contributed by atoms with Crippen LogP contribution < -0.4 is 5.32 Å². The Morgan fingerprint density at radius 1 is 1.15 bits per heavy atom. The highest BCUT2D eigenvalue weighted by molar-refractivity contribution is 6.34. The summed E-state index contributed by atoms with van der Waals surface area (Å²) in [5, 5.41) is 10.1. The Bertz CT molecular complexity index is 1540. The summed E-state index contributed by atoms with van der Waals surface area (Å²) in [6.07, 6.45) is -6.39. The van der Waals surface area contributed by atoms with E-state index < -0.39 is 43.1 Å². The molecule has 216 valence electrons. The fraction of sp³-hybridized carbons (Fsp3) is 0.308. The molecule has 1 N–H and O–H groups in total. The van der Waals surface area contributed by atoms with E-state index in [4.69, 9.17) is 34.5 Å². The van der Waals surface area contributed by atoms with E-state index in [1.54, 1.807) is 6.92 Å². The summed E-state index contributed by atoms with van der Waals surface area (Å²) in [5.41, 5.74) is -2.43. The molecule has 0 spiro atoms. The highest BCUT2D eigenvalue weighted by Crippen LogP contribution is 2.49. The van der Waals surface area contributed by atoms with E-state index in [1.807, 2.05) is 0 Å². The Morgan fingerprint density at radius 2 is 1.83 bits per heavy atom. The molecule has 0 saturated heterocycles. The van der Waals surface area contributed by atoms with Crippen molar-refractivity contribution in [1.29, 1.82) is 0 Å². The van der Waals surface area contributed by atoms with Crippen molar-refractivity contribution in [2.24, 2.45) is 5.16 Å². The molecule has 1 aromatic heterocycles. The van der Waals surface area contributed by atoms with Crippen molar-refractivity contribution in [3.05, 3.63) is 74.5 Å². The number of hydrogen-bond donors (Lipinski definition) is 1. The molecular formula is C26H19Cl2F6N5O2. The summed E-state index contributed by atoms with van der Waals surface area (Å²) in [5.74, 6) is 1.24. The molecule has 4 rings (SSSR count). The first-order chi connectivity index (χ1) is 19.1. The number of alkyl halides is 6. The van der Waals surface area contributed by atoms with Crippen LogP contribution in [0.2, 0.25) is 10.0 Å². The van der Waals surface area contributed by atoms with Gasteiger partial charge in [-0.15, -0.1) is 11.5 Å². The van der Waals surface area contributed by atoms with Crippen LogP contribution in [-0.4, -0.2) is 38.7 Å². The monoisotopic (exact) mass is 617 g/mol. The van der Waals surface area contributed by atoms with Gasteiger partial charge in [0.15, 0.2) is 0 Å². The van der Waals surface area contributed by atoms with Gasteiger partial charge in [0.2, 0.25) is 5.95 Å². The zero-order valence-corrected chi connectivity index (χ0v) is 22.5. The highest BCUT2D eigenvalue weighted by Gasteiger charge is 2.62. The normalized spacial score (nSPS) is 17.1. The van der Waals surface area contributed by atoms with Crippen molar-refractivity contribution >= 4 is 40.8 Å². The lowest BCUT2D eigenvalue weighted by Gasteiger charge is -2.29. The van der Waals surface area contributed by atoms with E-state index in [0.29, 0.717) is 5.56 Å². The van der Waals surface area contributed by atoms with Crippen LogP contribution in [0.4, 0.5) is 32.3 Å². The number of aryl methyl sites for hydroxylation is 2. The predicted octanol–water partition coefficient (Wildman–Crippen LogP) is 6.86. The molecule has 15 heteroatoms. The molecule has 3 aromatic rings. The minimum Gasteiger partial charge on any atom is -0.374 e. The molecule has 0 radical (unpaired) electrons. The highest BCUT2D eigenvalue weighted by atomic mass is 35.5. The number of aromatic nitrogens is 3. The number of terminal acetylenes is 1. The molecule has 41 heavy (non-hydrogen) atoms. The Balaban J connectivity index is 1.54. The molecular weight excluding hydrogens is 599 g/mol. The average molecular weight is 618 g/mol. The molecule has 0 bridgehead atoms. The largest absolute Gasteiger partial charge is 0.435 e. The predicted molar refractivity (Wildman–Crippen MR) is 139 cm³/mol. The number of amides is 1. The first-order valence-electron chi connectivity index (χ1n) is 11.8. The molecule has 0 fully saturated rings. The van der Waals surface area contributed by atoms with Gasteiger partial charge in [-0.05, 0) is 48.4 Å². The Hall–Kier alpha value is -3.76. The van der Waals surface area contributed by atoms with Crippen LogP contribution in [0.25, 0.3) is 0 Å². The minimum absolute atomic E-state index is 0.00882. The second-order valence-electron chi connectivity index (χ2n) is 9.10. The number of nitrogens with zero attached hydrogens (tertiary/aromatic N) is 4. The van der Waals surface area contributed by atoms with Crippen molar-refractivity contribution in [3.8, 4) is 12.3 Å². The van der Waals surface area contributed by atoms with Crippen LogP contribution in [-0.2, 0) is 23.4 Å². The zero-order chi connectivity index (χ0) is 30.2. The topological polar surface area (TPSA) is 81.4 Å². The summed E-state index contributed by atoms with van der Waals surface area (Å²) in [7, 11) is 0. The molecule has 2 heterocycles. The average Bonchev–Trinajstić information content (AvgIpc) is 3.47. The summed E-state index contributed by atoms with van der Waals surface area (Å²) < 4.78 is 81.9. The lowest BCUT2D eigenvalue weighted by Crippen LogP contribution is -2.42. The molecule has 0 saturated carbocycles. The number of halogens is 8. The molecule has 7 nitrogen and oxygen atoms in total. The third-order valence-electron chi connectivity index (χ3n) is 6.17. The maximum Gasteiger partial charge on any atom is 0.435 e. The third-order valence-corrected chi connectivity index (χ3v) is 6.60. The number of rotatable bonds is 7. The van der Waals surface area contributed by atoms with E-state index in [2.05, 4.69) is 26.5 Å². The zero-order valence-electron chi connectivity index (χ0n) is 21.0. The van der Waals surface area contributed by atoms with Crippen molar-refractivity contribution < 1.29 is 36.0 Å². The number of carbonyl (C=O) groups excluding carboxylic acids is 1. The van der Waals surface area contributed by atoms with Gasteiger partial charge in [-0.2, -0.15) is 31.3 Å². The number of carbonyl (C=O) groups is 1. The van der Waals surface area contributed by atoms with Gasteiger partial charge in [-0.3, -0.25) is 10.1 Å². The lowest BCUT2D eigenvalue weighted by atomic mass is 9.86. The Morgan fingerprint density at radius 3 is 2.41 bits per heavy atom. The smallest absolute Gasteiger partial charge is 0.374 e. The molecule has 2 aromatic carbocycles. The van der Waals surface area contributed by atoms with Crippen LogP contribution >= 0.6 is 23.2 Å². The molecule has 1 unspecified atom stereocenters. The summed E-state index contributed by atoms with van der Waals surface area (Å²) in [6, 6.07) is 7.69. The fourth-order valence-electron chi connectivity index (χ4n) is 4.19. The first-order valence-corrected chi connectivity index (χ1v) is 12.5. The van der Waals surface area contributed by atoms with Gasteiger partial charge in [-0.25, -0.2) is 4.68 Å². The minimum atomic E-state index is -4.88. The van der Waals surface area contributed by atoms with Crippen LogP contribution in [0.15, 0.2) is 41.6 Å². The second-order valence-corrected chi connectivity index (χ2v) is 9.97. The van der Waals surface area contributed by atoms with E-state index in [9.17, 15) is 31.1 Å². The molecule has 0 aliphatic carbocycles. The van der Waals surface area contributed by atoms with E-state index in [-0.39, 0.29) is 50.8 Å². The lowest BCUT2D eigenvalue weighted by molar-refractivity contribution is -0.275. The van der Waals surface area contributed by atoms with Gasteiger partial charge >= 0.3 is 12.4 Å². The van der Waals surface area contributed by atoms with E-state index in [0.717, 1.165) is 16.8 Å². The number of oxime groups is 1. The van der Waals surface area contributed by atoms with Crippen molar-refractivity contribution in [1.82, 2.24) is 14.8 Å². The first kappa shape index (κ1) is 30.2. The van der Waals surface area contributed by atoms with E-state index >= 15 is 0 Å². The summed E-state index contributed by atoms with van der Waals surface area (Å²) >= 11 is 11.9. The molecule has 1 atom stereocenters. The number of nitrogens with one attached hydrogen (secondary N) is 1. The fourth-order valence-corrected chi connectivity index (χ4v) is 4.72. The third kappa shape index (κ3) is 6.60. The van der Waals surface area contributed by atoms with Crippen molar-refractivity contribution in [3.63, 3.8) is 0 Å². The second kappa shape index (κ2) is 11.3. The van der Waals surface area contributed by atoms with Gasteiger partial charge < -0.3 is 4.84 Å². The van der Waals surface area contributed by atoms with Gasteiger partial charge in [0, 0.05) is 34.0 Å². The van der Waals surface area contributed by atoms with Gasteiger partial charge in [0.05, 0.1) is 12.1 Å². The maximum absolute atomic E-state index is 14.3. The maximum atomic E-state index is 14.3. The summed E-state index contributed by atoms with van der Waals surface area (Å²) in [4.78, 5) is 21.9. The van der Waals surface area contributed by atoms with Crippen LogP contribution in [0, 0.1) is 19.3 Å². The van der Waals surface area contributed by atoms with Gasteiger partial charge in [0.1, 0.15) is 12.4 Å². The van der Waals surface area contributed by atoms with Crippen LogP contribution in [0.5, 0.6) is 0 Å². The Kier molecular flexibility index (Phi) is 8.29. The van der Waals surface area contributed by atoms with Crippen LogP contribution in [0.1, 0.15) is 45.7 Å². The number of anilines is 1. The van der Waals surface area contributed by atoms with Crippen molar-refractivity contribution in [2.75, 3.05) is 5.32 Å². The number of hydrogen-bond acceptors (Lipinski definition) is 5. The molecule has 1 amide bonds. The molecule has 1 aliphatic rings. The van der Waals surface area contributed by atoms with Crippen molar-refractivity contribution in [2.45, 2.75) is 50.7 Å². The SMILES string of the molecule is C#CCn1nc(NC(=O)c2ccc(C3=NOC(c4cc(Cl)cc(Cl)c4)(C(F)(F)F)C3)cc2C)nc1CCC(F)(F)F. The standard InChI is InChI=1S/C26H19Cl2F6N5O2/c1-3-8-39-21(6-7-25(29,30)31)35-23(37-39)36-22(40)19-5-4-15(9-14(19)2)20-13-24(41-38-20,26(32,33)34)16-10-17(27)12-18(28)11-16/h1,4-5,9-12H,6-8,13H2,2H3,(H,36,37,40). The van der Waals surface area contributed by atoms with E-state index in [1.165, 1.54) is 24.3 Å². The van der Waals surface area contributed by atoms with Gasteiger partial charge in [-0.1, -0.05) is 40.3 Å². The van der Waals surface area contributed by atoms with Gasteiger partial charge in [0.25, 0.3) is 11.5 Å². The number of benzene rings is 2.